The number of carbonyl (C=O) groups is 2. The summed E-state index contributed by atoms with van der Waals surface area (Å²) < 4.78 is 0. The molecule has 0 spiro atoms. The van der Waals surface area contributed by atoms with Crippen molar-refractivity contribution in [3.8, 4) is 0 Å². The number of ketones is 2. The third-order valence-electron chi connectivity index (χ3n) is 7.99. The summed E-state index contributed by atoms with van der Waals surface area (Å²) in [5.41, 5.74) is 5.54. The van der Waals surface area contributed by atoms with Gasteiger partial charge in [0.2, 0.25) is 0 Å². The van der Waals surface area contributed by atoms with E-state index in [1.165, 1.54) is 33.8 Å². The van der Waals surface area contributed by atoms with Crippen LogP contribution in [0.25, 0.3) is 0 Å². The van der Waals surface area contributed by atoms with E-state index >= 15 is 0 Å². The van der Waals surface area contributed by atoms with Gasteiger partial charge in [-0.3, -0.25) is 9.59 Å². The molecule has 0 saturated heterocycles. The molecule has 2 aliphatic carbocycles. The Hall–Kier alpha value is -2.21. The summed E-state index contributed by atoms with van der Waals surface area (Å²) in [6.07, 6.45) is 16.7. The van der Waals surface area contributed by atoms with Gasteiger partial charge in [-0.1, -0.05) is 41.5 Å². The summed E-state index contributed by atoms with van der Waals surface area (Å²) in [6, 6.07) is 0. The van der Waals surface area contributed by atoms with Crippen molar-refractivity contribution in [1.82, 2.24) is 10.6 Å². The summed E-state index contributed by atoms with van der Waals surface area (Å²) in [6.45, 7) is 18.1. The van der Waals surface area contributed by atoms with Crippen molar-refractivity contribution in [1.29, 1.82) is 0 Å². The van der Waals surface area contributed by atoms with Crippen LogP contribution in [0.2, 0.25) is 0 Å². The minimum Gasteiger partial charge on any atom is -0.389 e. The van der Waals surface area contributed by atoms with Crippen LogP contribution in [0.1, 0.15) is 67.2 Å². The maximum atomic E-state index is 13.4. The van der Waals surface area contributed by atoms with E-state index < -0.39 is 0 Å². The van der Waals surface area contributed by atoms with Gasteiger partial charge in [-0.05, 0) is 72.0 Å². The van der Waals surface area contributed by atoms with Gasteiger partial charge in [0.1, 0.15) is 13.1 Å². The van der Waals surface area contributed by atoms with E-state index in [0.717, 1.165) is 61.3 Å². The molecular weight excluding hydrogens is 555 g/mol. The molecule has 230 valence electrons. The maximum Gasteiger partial charge on any atom is 0.196 e. The Morgan fingerprint density at radius 2 is 0.976 bits per heavy atom. The van der Waals surface area contributed by atoms with Gasteiger partial charge in [-0.15, -0.1) is 0 Å². The molecular formula is C34H54N4NiO2+2. The summed E-state index contributed by atoms with van der Waals surface area (Å²) in [4.78, 5) is 29.5. The number of carbonyl (C=O) groups excluding carboxylic acids is 2. The summed E-state index contributed by atoms with van der Waals surface area (Å²) >= 11 is 0. The van der Waals surface area contributed by atoms with Crippen molar-refractivity contribution >= 4 is 11.6 Å². The quantitative estimate of drug-likeness (QED) is 0.319. The number of Topliss-reactive ketones (excluding diaryl/α,β-unsaturated/α-hetero) is 2. The second-order valence-corrected chi connectivity index (χ2v) is 14.0. The number of quaternary nitrogens is 2. The molecule has 0 aromatic heterocycles. The first-order valence-corrected chi connectivity index (χ1v) is 15.2. The van der Waals surface area contributed by atoms with Gasteiger partial charge in [0.25, 0.3) is 0 Å². The Morgan fingerprint density at radius 1 is 0.610 bits per heavy atom. The Morgan fingerprint density at radius 3 is 1.32 bits per heavy atom. The van der Waals surface area contributed by atoms with Crippen LogP contribution in [0.5, 0.6) is 0 Å². The molecule has 0 radical (unpaired) electrons. The second kappa shape index (κ2) is 15.3. The van der Waals surface area contributed by atoms with Gasteiger partial charge in [-0.25, -0.2) is 0 Å². The number of fused-ring (bicyclic) bond motifs is 4. The molecule has 4 N–H and O–H groups in total. The van der Waals surface area contributed by atoms with Crippen molar-refractivity contribution in [2.24, 2.45) is 10.8 Å². The van der Waals surface area contributed by atoms with Crippen molar-refractivity contribution in [3.05, 3.63) is 70.1 Å². The SMILES string of the molecule is C[NH+]1CCCCCC[NH+](C)CC2=CC(C(C)(C)C)=CC(=CNCCNC=C3C=C(C(C)(C)C)C=C(C1)C3=O)C2=O.[Ni]. The zero-order valence-corrected chi connectivity index (χ0v) is 27.7. The molecule has 0 aromatic rings. The second-order valence-electron chi connectivity index (χ2n) is 14.0. The van der Waals surface area contributed by atoms with Gasteiger partial charge < -0.3 is 20.4 Å². The predicted molar refractivity (Wildman–Crippen MR) is 165 cm³/mol. The minimum atomic E-state index is -0.0356. The molecule has 0 fully saturated rings. The van der Waals surface area contributed by atoms with Crippen molar-refractivity contribution in [2.75, 3.05) is 53.4 Å². The van der Waals surface area contributed by atoms with Crippen LogP contribution in [0.3, 0.4) is 0 Å². The normalized spacial score (nSPS) is 24.3. The van der Waals surface area contributed by atoms with E-state index in [2.05, 4.69) is 78.4 Å². The summed E-state index contributed by atoms with van der Waals surface area (Å²) in [5.74, 6) is 0.241. The van der Waals surface area contributed by atoms with Crippen molar-refractivity contribution < 1.29 is 35.9 Å². The van der Waals surface area contributed by atoms with Crippen LogP contribution in [0.15, 0.2) is 70.1 Å². The molecule has 7 heteroatoms. The molecule has 41 heavy (non-hydrogen) atoms. The molecule has 0 saturated carbocycles. The molecule has 3 rings (SSSR count). The van der Waals surface area contributed by atoms with Crippen LogP contribution >= 0.6 is 0 Å². The minimum absolute atomic E-state index is 0. The Bertz CT molecular complexity index is 1050. The van der Waals surface area contributed by atoms with Crippen LogP contribution in [-0.4, -0.2) is 64.9 Å². The number of rotatable bonds is 0. The third-order valence-corrected chi connectivity index (χ3v) is 7.99. The van der Waals surface area contributed by atoms with E-state index in [1.807, 2.05) is 24.6 Å². The number of likely N-dealkylation sites (N-methyl/N-ethyl adjacent to an activating group) is 2. The first kappa shape index (κ1) is 35.0. The Kier molecular flexibility index (Phi) is 13.1. The number of allylic oxidation sites excluding steroid dienone is 8. The first-order chi connectivity index (χ1) is 18.8. The van der Waals surface area contributed by atoms with Gasteiger partial charge in [-0.2, -0.15) is 0 Å². The van der Waals surface area contributed by atoms with Crippen LogP contribution in [-0.2, 0) is 26.1 Å². The van der Waals surface area contributed by atoms with E-state index in [-0.39, 0.29) is 38.9 Å². The van der Waals surface area contributed by atoms with Crippen LogP contribution in [0, 0.1) is 10.8 Å². The number of hydrogen-bond acceptors (Lipinski definition) is 4. The maximum absolute atomic E-state index is 13.4. The van der Waals surface area contributed by atoms with E-state index in [9.17, 15) is 9.59 Å². The molecule has 0 aromatic carbocycles. The average Bonchev–Trinajstić information content (AvgIpc) is 2.85. The molecule has 2 unspecified atom stereocenters. The van der Waals surface area contributed by atoms with E-state index in [1.54, 1.807) is 0 Å². The summed E-state index contributed by atoms with van der Waals surface area (Å²) in [5, 5.41) is 6.66. The average molecular weight is 610 g/mol. The van der Waals surface area contributed by atoms with Crippen LogP contribution < -0.4 is 20.4 Å². The topological polar surface area (TPSA) is 67.1 Å². The predicted octanol–water partition coefficient (Wildman–Crippen LogP) is 2.50. The fourth-order valence-electron chi connectivity index (χ4n) is 5.31. The third kappa shape index (κ3) is 10.5. The van der Waals surface area contributed by atoms with Crippen molar-refractivity contribution in [3.63, 3.8) is 0 Å². The largest absolute Gasteiger partial charge is 0.389 e. The standard InChI is InChI=1S/C34H52N4O2.Ni/c1-33(2,3)29-17-25-21-35-13-14-36-22-26-18-30(34(4,5)6)20-28(32(26)40)24-38(8)16-12-10-9-11-15-37(7)23-27(19-29)31(25)39;/h17-22,35-36H,9-16,23-24H2,1-8H3;/p+2. The molecule has 6 nitrogen and oxygen atoms in total. The Balaban J connectivity index is 0.00000588. The number of hydrogen-bond donors (Lipinski definition) is 4. The zero-order chi connectivity index (χ0) is 29.5. The summed E-state index contributed by atoms with van der Waals surface area (Å²) in [7, 11) is 4.40. The molecule has 4 bridgehead atoms. The molecule has 0 amide bonds. The fraction of sp³-hybridized carbons (Fsp3) is 0.588. The Labute approximate surface area is 259 Å². The van der Waals surface area contributed by atoms with Crippen LogP contribution in [0.4, 0.5) is 0 Å². The fourth-order valence-corrected chi connectivity index (χ4v) is 5.31. The molecule has 1 heterocycles. The van der Waals surface area contributed by atoms with E-state index in [4.69, 9.17) is 0 Å². The molecule has 1 aliphatic heterocycles. The monoisotopic (exact) mass is 608 g/mol. The number of nitrogens with one attached hydrogen (secondary N) is 4. The van der Waals surface area contributed by atoms with Gasteiger partial charge in [0.05, 0.1) is 38.3 Å². The first-order valence-electron chi connectivity index (χ1n) is 15.2. The zero-order valence-electron chi connectivity index (χ0n) is 26.7. The molecule has 3 aliphatic rings. The molecule has 2 atom stereocenters. The van der Waals surface area contributed by atoms with Gasteiger partial charge >= 0.3 is 0 Å². The van der Waals surface area contributed by atoms with Gasteiger partial charge in [0, 0.05) is 53.1 Å². The van der Waals surface area contributed by atoms with Crippen molar-refractivity contribution in [2.45, 2.75) is 67.2 Å². The smallest absolute Gasteiger partial charge is 0.196 e. The van der Waals surface area contributed by atoms with E-state index in [0.29, 0.717) is 13.1 Å². The van der Waals surface area contributed by atoms with Gasteiger partial charge in [0.15, 0.2) is 11.6 Å².